The summed E-state index contributed by atoms with van der Waals surface area (Å²) in [7, 11) is 0. The highest BCUT2D eigenvalue weighted by atomic mass is 14.3. The second-order valence-corrected chi connectivity index (χ2v) is 14.2. The van der Waals surface area contributed by atoms with E-state index < -0.39 is 0 Å². The summed E-state index contributed by atoms with van der Waals surface area (Å²) in [6, 6.07) is 0. The zero-order valence-electron chi connectivity index (χ0n) is 27.6. The molecule has 38 heavy (non-hydrogen) atoms. The van der Waals surface area contributed by atoms with E-state index in [-0.39, 0.29) is 0 Å². The number of hydrogen-bond donors (Lipinski definition) is 0. The van der Waals surface area contributed by atoms with Gasteiger partial charge in [-0.25, -0.2) is 0 Å². The van der Waals surface area contributed by atoms with Crippen LogP contribution >= 0.6 is 0 Å². The van der Waals surface area contributed by atoms with Crippen LogP contribution in [0.25, 0.3) is 0 Å². The Balaban J connectivity index is 2.29. The molecule has 0 bridgehead atoms. The van der Waals surface area contributed by atoms with Crippen LogP contribution in [0.4, 0.5) is 0 Å². The molecule has 4 atom stereocenters. The molecule has 0 radical (unpaired) electrons. The van der Waals surface area contributed by atoms with E-state index in [9.17, 15) is 0 Å². The summed E-state index contributed by atoms with van der Waals surface area (Å²) in [6.07, 6.45) is 38.4. The fourth-order valence-corrected chi connectivity index (χ4v) is 7.29. The minimum Gasteiger partial charge on any atom is -0.0845 e. The summed E-state index contributed by atoms with van der Waals surface area (Å²) >= 11 is 0. The van der Waals surface area contributed by atoms with Crippen LogP contribution in [0.1, 0.15) is 190 Å². The van der Waals surface area contributed by atoms with Crippen molar-refractivity contribution in [3.05, 3.63) is 23.8 Å². The Morgan fingerprint density at radius 1 is 0.842 bits per heavy atom. The van der Waals surface area contributed by atoms with Crippen LogP contribution in [0, 0.1) is 29.1 Å². The molecule has 0 aliphatic heterocycles. The van der Waals surface area contributed by atoms with Crippen molar-refractivity contribution in [2.45, 2.75) is 190 Å². The van der Waals surface area contributed by atoms with Gasteiger partial charge in [0.05, 0.1) is 0 Å². The van der Waals surface area contributed by atoms with E-state index in [0.29, 0.717) is 5.41 Å². The van der Waals surface area contributed by atoms with Crippen molar-refractivity contribution in [1.29, 1.82) is 0 Å². The first-order chi connectivity index (χ1) is 18.3. The predicted octanol–water partition coefficient (Wildman–Crippen LogP) is 13.7. The average molecular weight is 529 g/mol. The molecule has 224 valence electrons. The van der Waals surface area contributed by atoms with Crippen LogP contribution in [0.15, 0.2) is 23.8 Å². The fourth-order valence-electron chi connectivity index (χ4n) is 7.29. The zero-order chi connectivity index (χ0) is 28.1. The normalized spacial score (nSPS) is 22.4. The SMILES string of the molecule is C/C=C(\C=C/CCC(C)CCCC[C@@]1(C)CCC[C@H](C)C1)CCC(C)C(CCCCCC)CCCCCC. The Morgan fingerprint density at radius 2 is 1.50 bits per heavy atom. The second-order valence-electron chi connectivity index (χ2n) is 14.2. The van der Waals surface area contributed by atoms with Gasteiger partial charge in [0.2, 0.25) is 0 Å². The van der Waals surface area contributed by atoms with E-state index in [1.807, 2.05) is 0 Å². The summed E-state index contributed by atoms with van der Waals surface area (Å²) in [5, 5.41) is 0. The molecule has 0 saturated heterocycles. The molecular formula is C38H72. The van der Waals surface area contributed by atoms with Crippen molar-refractivity contribution in [2.75, 3.05) is 0 Å². The molecule has 0 aromatic carbocycles. The molecule has 1 aliphatic rings. The zero-order valence-corrected chi connectivity index (χ0v) is 27.6. The van der Waals surface area contributed by atoms with Crippen LogP contribution in [0.2, 0.25) is 0 Å². The summed E-state index contributed by atoms with van der Waals surface area (Å²) < 4.78 is 0. The number of unbranched alkanes of at least 4 members (excludes halogenated alkanes) is 7. The topological polar surface area (TPSA) is 0 Å². The van der Waals surface area contributed by atoms with Crippen molar-refractivity contribution in [3.63, 3.8) is 0 Å². The van der Waals surface area contributed by atoms with Gasteiger partial charge in [-0.2, -0.15) is 0 Å². The van der Waals surface area contributed by atoms with Crippen molar-refractivity contribution in [1.82, 2.24) is 0 Å². The van der Waals surface area contributed by atoms with Crippen LogP contribution in [0.3, 0.4) is 0 Å². The van der Waals surface area contributed by atoms with Crippen molar-refractivity contribution >= 4 is 0 Å². The third-order valence-corrected chi connectivity index (χ3v) is 10.1. The molecule has 1 rings (SSSR count). The molecule has 1 saturated carbocycles. The minimum absolute atomic E-state index is 0.647. The second kappa shape index (κ2) is 22.2. The smallest absolute Gasteiger partial charge is 0.0280 e. The van der Waals surface area contributed by atoms with Crippen molar-refractivity contribution in [2.24, 2.45) is 29.1 Å². The molecule has 2 unspecified atom stereocenters. The monoisotopic (exact) mass is 529 g/mol. The molecular weight excluding hydrogens is 456 g/mol. The quantitative estimate of drug-likeness (QED) is 0.0913. The molecule has 0 spiro atoms. The Morgan fingerprint density at radius 3 is 2.11 bits per heavy atom. The van der Waals surface area contributed by atoms with Gasteiger partial charge in [0.1, 0.15) is 0 Å². The molecule has 0 amide bonds. The summed E-state index contributed by atoms with van der Waals surface area (Å²) in [4.78, 5) is 0. The van der Waals surface area contributed by atoms with Crippen LogP contribution < -0.4 is 0 Å². The van der Waals surface area contributed by atoms with Crippen molar-refractivity contribution < 1.29 is 0 Å². The first-order valence-corrected chi connectivity index (χ1v) is 17.6. The maximum Gasteiger partial charge on any atom is -0.0280 e. The fraction of sp³-hybridized carbons (Fsp3) is 0.895. The van der Waals surface area contributed by atoms with Gasteiger partial charge in [0.25, 0.3) is 0 Å². The molecule has 0 heterocycles. The van der Waals surface area contributed by atoms with E-state index in [4.69, 9.17) is 0 Å². The Labute approximate surface area is 242 Å². The number of hydrogen-bond acceptors (Lipinski definition) is 0. The van der Waals surface area contributed by atoms with E-state index in [1.54, 1.807) is 5.57 Å². The highest BCUT2D eigenvalue weighted by molar-refractivity contribution is 5.17. The Bertz CT molecular complexity index is 585. The van der Waals surface area contributed by atoms with Gasteiger partial charge < -0.3 is 0 Å². The molecule has 0 N–H and O–H groups in total. The van der Waals surface area contributed by atoms with Gasteiger partial charge in [0, 0.05) is 0 Å². The number of rotatable bonds is 23. The van der Waals surface area contributed by atoms with Gasteiger partial charge in [0.15, 0.2) is 0 Å². The molecule has 0 nitrogen and oxygen atoms in total. The van der Waals surface area contributed by atoms with Gasteiger partial charge >= 0.3 is 0 Å². The first-order valence-electron chi connectivity index (χ1n) is 17.6. The third kappa shape index (κ3) is 17.2. The average Bonchev–Trinajstić information content (AvgIpc) is 2.89. The first kappa shape index (κ1) is 35.5. The van der Waals surface area contributed by atoms with Crippen molar-refractivity contribution in [3.8, 4) is 0 Å². The highest BCUT2D eigenvalue weighted by Crippen LogP contribution is 2.42. The van der Waals surface area contributed by atoms with Gasteiger partial charge in [-0.05, 0) is 81.0 Å². The summed E-state index contributed by atoms with van der Waals surface area (Å²) in [6.45, 7) is 17.0. The van der Waals surface area contributed by atoms with E-state index in [2.05, 4.69) is 66.7 Å². The molecule has 1 aliphatic carbocycles. The third-order valence-electron chi connectivity index (χ3n) is 10.1. The highest BCUT2D eigenvalue weighted by Gasteiger charge is 2.29. The lowest BCUT2D eigenvalue weighted by Gasteiger charge is -2.37. The van der Waals surface area contributed by atoms with E-state index in [1.165, 1.54) is 141 Å². The lowest BCUT2D eigenvalue weighted by atomic mass is 9.69. The maximum absolute atomic E-state index is 2.57. The number of allylic oxidation sites excluding steroid dienone is 4. The standard InChI is InChI=1S/C38H72/c1-8-11-13-15-26-37(27-16-14-12-9-2)35(6)28-29-36(10-3)25-18-17-22-33(4)23-19-20-30-38(7)31-21-24-34(5)32-38/h10,18,25,33-35,37H,8-9,11-17,19-24,26-32H2,1-7H3/b25-18-,36-10+/t33?,34-,35?,38-/m0/s1. The molecule has 0 heteroatoms. The van der Waals surface area contributed by atoms with E-state index in [0.717, 1.165) is 23.7 Å². The lowest BCUT2D eigenvalue weighted by molar-refractivity contribution is 0.150. The van der Waals surface area contributed by atoms with Gasteiger partial charge in [-0.15, -0.1) is 0 Å². The predicted molar refractivity (Wildman–Crippen MR) is 175 cm³/mol. The molecule has 1 fully saturated rings. The largest absolute Gasteiger partial charge is 0.0845 e. The maximum atomic E-state index is 2.57. The van der Waals surface area contributed by atoms with Crippen LogP contribution in [-0.2, 0) is 0 Å². The van der Waals surface area contributed by atoms with Gasteiger partial charge in [-0.3, -0.25) is 0 Å². The molecule has 0 aromatic rings. The van der Waals surface area contributed by atoms with Crippen LogP contribution in [-0.4, -0.2) is 0 Å². The summed E-state index contributed by atoms with van der Waals surface area (Å²) in [5.41, 5.74) is 2.21. The lowest BCUT2D eigenvalue weighted by Crippen LogP contribution is -2.24. The van der Waals surface area contributed by atoms with Gasteiger partial charge in [-0.1, -0.05) is 162 Å². The summed E-state index contributed by atoms with van der Waals surface area (Å²) in [5.74, 6) is 3.63. The minimum atomic E-state index is 0.647. The van der Waals surface area contributed by atoms with Crippen LogP contribution in [0.5, 0.6) is 0 Å². The Kier molecular flexibility index (Phi) is 20.7. The molecule has 0 aromatic heterocycles. The Hall–Kier alpha value is -0.520. The van der Waals surface area contributed by atoms with E-state index >= 15 is 0 Å².